The van der Waals surface area contributed by atoms with E-state index in [1.807, 2.05) is 25.1 Å². The number of aryl methyl sites for hydroxylation is 1. The molecule has 0 bridgehead atoms. The Morgan fingerprint density at radius 3 is 2.73 bits per heavy atom. The minimum Gasteiger partial charge on any atom is -0.197 e. The van der Waals surface area contributed by atoms with Crippen molar-refractivity contribution in [1.82, 2.24) is 15.4 Å². The Morgan fingerprint density at radius 2 is 1.91 bits per heavy atom. The van der Waals surface area contributed by atoms with Gasteiger partial charge in [-0.15, -0.1) is 0 Å². The first kappa shape index (κ1) is 8.46. The van der Waals surface area contributed by atoms with E-state index >= 15 is 0 Å². The third-order valence-electron chi connectivity index (χ3n) is 1.47. The Kier molecular flexibility index (Phi) is 2.44. The Labute approximate surface area is 79.7 Å². The van der Waals surface area contributed by atoms with E-state index in [0.717, 1.165) is 11.0 Å². The van der Waals surface area contributed by atoms with Crippen LogP contribution >= 0.6 is 0 Å². The first-order valence-electron chi connectivity index (χ1n) is 3.13. The van der Waals surface area contributed by atoms with Gasteiger partial charge in [0.05, 0.1) is 0 Å². The molecule has 0 fully saturated rings. The van der Waals surface area contributed by atoms with Gasteiger partial charge in [-0.1, -0.05) is 6.07 Å². The minimum absolute atomic E-state index is 0. The first-order chi connectivity index (χ1) is 4.86. The van der Waals surface area contributed by atoms with E-state index in [2.05, 4.69) is 15.4 Å². The molecule has 1 heterocycles. The van der Waals surface area contributed by atoms with Crippen molar-refractivity contribution < 1.29 is 22.4 Å². The van der Waals surface area contributed by atoms with E-state index in [1.165, 1.54) is 5.56 Å². The maximum atomic E-state index is 3.94. The summed E-state index contributed by atoms with van der Waals surface area (Å²) in [6.07, 6.45) is 0. The predicted molar refractivity (Wildman–Crippen MR) is 38.6 cm³/mol. The number of aromatic nitrogens is 3. The van der Waals surface area contributed by atoms with Crippen molar-refractivity contribution in [3.8, 4) is 0 Å². The van der Waals surface area contributed by atoms with E-state index in [0.29, 0.717) is 0 Å². The fourth-order valence-corrected chi connectivity index (χ4v) is 0.950. The average Bonchev–Trinajstić information content (AvgIpc) is 2.33. The van der Waals surface area contributed by atoms with Gasteiger partial charge in [0, 0.05) is 0 Å². The number of hydrogen-bond acceptors (Lipinski definition) is 2. The summed E-state index contributed by atoms with van der Waals surface area (Å²) in [6.45, 7) is 2.04. The molecule has 4 heteroatoms. The molecular formula is C7H7AgN3+. The van der Waals surface area contributed by atoms with E-state index in [1.54, 1.807) is 0 Å². The van der Waals surface area contributed by atoms with Crippen molar-refractivity contribution in [1.29, 1.82) is 0 Å². The fraction of sp³-hybridized carbons (Fsp3) is 0.143. The maximum Gasteiger partial charge on any atom is 1.00 e. The van der Waals surface area contributed by atoms with Crippen molar-refractivity contribution in [2.24, 2.45) is 0 Å². The van der Waals surface area contributed by atoms with E-state index in [9.17, 15) is 0 Å². The van der Waals surface area contributed by atoms with Crippen LogP contribution in [-0.4, -0.2) is 15.4 Å². The Morgan fingerprint density at radius 1 is 1.18 bits per heavy atom. The maximum absolute atomic E-state index is 3.94. The van der Waals surface area contributed by atoms with Gasteiger partial charge >= 0.3 is 22.4 Å². The van der Waals surface area contributed by atoms with Crippen molar-refractivity contribution in [3.63, 3.8) is 0 Å². The van der Waals surface area contributed by atoms with Gasteiger partial charge in [-0.3, -0.25) is 0 Å². The van der Waals surface area contributed by atoms with Crippen LogP contribution in [-0.2, 0) is 22.4 Å². The second-order valence-corrected chi connectivity index (χ2v) is 2.32. The van der Waals surface area contributed by atoms with Crippen molar-refractivity contribution in [2.45, 2.75) is 6.92 Å². The molecule has 0 aliphatic rings. The van der Waals surface area contributed by atoms with Gasteiger partial charge in [0.15, 0.2) is 0 Å². The molecule has 0 spiro atoms. The van der Waals surface area contributed by atoms with Crippen LogP contribution in [0.15, 0.2) is 18.2 Å². The molecule has 60 valence electrons. The Bertz CT molecular complexity index is 355. The molecule has 0 amide bonds. The standard InChI is InChI=1S/C7H7N3.Ag/c1-5-2-3-6-7(4-5)9-10-8-6;/h2-4H,1H3,(H,8,9,10);/q;+1. The molecule has 0 saturated heterocycles. The van der Waals surface area contributed by atoms with Gasteiger partial charge in [-0.2, -0.15) is 15.4 Å². The topological polar surface area (TPSA) is 41.6 Å². The summed E-state index contributed by atoms with van der Waals surface area (Å²) in [6, 6.07) is 5.97. The zero-order valence-corrected chi connectivity index (χ0v) is 7.41. The molecule has 0 aliphatic carbocycles. The van der Waals surface area contributed by atoms with Gasteiger partial charge in [0.2, 0.25) is 0 Å². The van der Waals surface area contributed by atoms with Crippen molar-refractivity contribution in [3.05, 3.63) is 23.8 Å². The van der Waals surface area contributed by atoms with Gasteiger partial charge in [0.25, 0.3) is 0 Å². The van der Waals surface area contributed by atoms with Crippen molar-refractivity contribution in [2.75, 3.05) is 0 Å². The third-order valence-corrected chi connectivity index (χ3v) is 1.47. The molecule has 0 atom stereocenters. The second kappa shape index (κ2) is 3.17. The van der Waals surface area contributed by atoms with E-state index in [4.69, 9.17) is 0 Å². The normalized spacial score (nSPS) is 9.55. The summed E-state index contributed by atoms with van der Waals surface area (Å²) in [5.74, 6) is 0. The smallest absolute Gasteiger partial charge is 0.197 e. The molecule has 1 aromatic heterocycles. The molecule has 1 N–H and O–H groups in total. The zero-order valence-electron chi connectivity index (χ0n) is 5.93. The van der Waals surface area contributed by atoms with Crippen LogP contribution in [0.5, 0.6) is 0 Å². The third kappa shape index (κ3) is 1.50. The zero-order chi connectivity index (χ0) is 6.97. The van der Waals surface area contributed by atoms with Crippen LogP contribution in [0, 0.1) is 6.92 Å². The Hall–Kier alpha value is -0.640. The average molecular weight is 241 g/mol. The summed E-state index contributed by atoms with van der Waals surface area (Å²) in [5.41, 5.74) is 3.06. The Balaban J connectivity index is 0.000000605. The SMILES string of the molecule is Cc1ccc2n[nH]nc2c1.[Ag+]. The van der Waals surface area contributed by atoms with Gasteiger partial charge in [-0.05, 0) is 24.6 Å². The molecule has 2 aromatic rings. The molecule has 11 heavy (non-hydrogen) atoms. The van der Waals surface area contributed by atoms with Gasteiger partial charge in [-0.25, -0.2) is 0 Å². The number of nitrogens with one attached hydrogen (secondary N) is 1. The molecule has 0 aliphatic heterocycles. The number of rotatable bonds is 0. The number of benzene rings is 1. The van der Waals surface area contributed by atoms with Crippen LogP contribution in [0.4, 0.5) is 0 Å². The van der Waals surface area contributed by atoms with Crippen LogP contribution < -0.4 is 0 Å². The van der Waals surface area contributed by atoms with Crippen LogP contribution in [0.1, 0.15) is 5.56 Å². The molecule has 0 saturated carbocycles. The van der Waals surface area contributed by atoms with Crippen LogP contribution in [0.3, 0.4) is 0 Å². The quantitative estimate of drug-likeness (QED) is 0.705. The molecule has 0 radical (unpaired) electrons. The van der Waals surface area contributed by atoms with Gasteiger partial charge < -0.3 is 0 Å². The molecule has 2 rings (SSSR count). The summed E-state index contributed by atoms with van der Waals surface area (Å²) in [4.78, 5) is 0. The summed E-state index contributed by atoms with van der Waals surface area (Å²) in [5, 5.41) is 10.4. The van der Waals surface area contributed by atoms with Crippen LogP contribution in [0.25, 0.3) is 11.0 Å². The largest absolute Gasteiger partial charge is 1.00 e. The number of aromatic amines is 1. The monoisotopic (exact) mass is 240 g/mol. The molecule has 1 aromatic carbocycles. The fourth-order valence-electron chi connectivity index (χ4n) is 0.950. The summed E-state index contributed by atoms with van der Waals surface area (Å²) in [7, 11) is 0. The predicted octanol–water partition coefficient (Wildman–Crippen LogP) is 1.26. The minimum atomic E-state index is 0. The van der Waals surface area contributed by atoms with E-state index < -0.39 is 0 Å². The van der Waals surface area contributed by atoms with E-state index in [-0.39, 0.29) is 22.4 Å². The number of fused-ring (bicyclic) bond motifs is 1. The van der Waals surface area contributed by atoms with Gasteiger partial charge in [0.1, 0.15) is 11.0 Å². The second-order valence-electron chi connectivity index (χ2n) is 2.32. The first-order valence-corrected chi connectivity index (χ1v) is 3.13. The number of hydrogen-bond donors (Lipinski definition) is 1. The summed E-state index contributed by atoms with van der Waals surface area (Å²) < 4.78 is 0. The van der Waals surface area contributed by atoms with Crippen molar-refractivity contribution >= 4 is 11.0 Å². The number of nitrogens with zero attached hydrogens (tertiary/aromatic N) is 2. The molecule has 3 nitrogen and oxygen atoms in total. The molecular weight excluding hydrogens is 234 g/mol. The van der Waals surface area contributed by atoms with Crippen LogP contribution in [0.2, 0.25) is 0 Å². The number of H-pyrrole nitrogens is 1. The summed E-state index contributed by atoms with van der Waals surface area (Å²) >= 11 is 0. The molecule has 0 unspecified atom stereocenters.